The first-order valence-corrected chi connectivity index (χ1v) is 6.75. The minimum absolute atomic E-state index is 0.340. The van der Waals surface area contributed by atoms with E-state index in [0.717, 1.165) is 10.9 Å². The molecule has 0 spiro atoms. The van der Waals surface area contributed by atoms with Crippen molar-refractivity contribution in [3.63, 3.8) is 0 Å². The van der Waals surface area contributed by atoms with Crippen molar-refractivity contribution < 1.29 is 0 Å². The minimum atomic E-state index is 0.340. The summed E-state index contributed by atoms with van der Waals surface area (Å²) >= 11 is 7.20. The third kappa shape index (κ3) is 3.16. The number of alkyl halides is 1. The van der Waals surface area contributed by atoms with Crippen molar-refractivity contribution in [2.24, 2.45) is 0 Å². The smallest absolute Gasteiger partial charge is 0.0436 e. The minimum Gasteiger partial charge on any atom is -0.265 e. The highest BCUT2D eigenvalue weighted by Crippen LogP contribution is 2.28. The van der Waals surface area contributed by atoms with Crippen LogP contribution >= 0.6 is 31.9 Å². The fraction of sp³-hybridized carbons (Fsp3) is 0.154. The summed E-state index contributed by atoms with van der Waals surface area (Å²) in [5, 5.41) is 0. The number of aromatic nitrogens is 1. The van der Waals surface area contributed by atoms with Crippen LogP contribution in [0.2, 0.25) is 0 Å². The van der Waals surface area contributed by atoms with Crippen LogP contribution in [0.5, 0.6) is 0 Å². The van der Waals surface area contributed by atoms with Crippen molar-refractivity contribution >= 4 is 31.9 Å². The Balaban J connectivity index is 2.12. The Bertz CT molecular complexity index is 456. The molecule has 0 N–H and O–H groups in total. The van der Waals surface area contributed by atoms with E-state index in [4.69, 9.17) is 0 Å². The van der Waals surface area contributed by atoms with E-state index in [2.05, 4.69) is 55.0 Å². The standard InChI is InChI=1S/C13H11Br2N/c14-12-3-1-2-11(9-12)13(15)8-10-4-6-16-7-5-10/h1-7,9,13H,8H2. The fourth-order valence-electron chi connectivity index (χ4n) is 1.55. The van der Waals surface area contributed by atoms with Gasteiger partial charge in [0.15, 0.2) is 0 Å². The quantitative estimate of drug-likeness (QED) is 0.748. The molecule has 0 radical (unpaired) electrons. The normalized spacial score (nSPS) is 12.4. The van der Waals surface area contributed by atoms with Crippen molar-refractivity contribution in [1.82, 2.24) is 4.98 Å². The Labute approximate surface area is 112 Å². The van der Waals surface area contributed by atoms with Gasteiger partial charge in [-0.15, -0.1) is 0 Å². The van der Waals surface area contributed by atoms with Gasteiger partial charge < -0.3 is 0 Å². The van der Waals surface area contributed by atoms with Gasteiger partial charge in [0.05, 0.1) is 0 Å². The van der Waals surface area contributed by atoms with Crippen LogP contribution in [0.1, 0.15) is 16.0 Å². The summed E-state index contributed by atoms with van der Waals surface area (Å²) in [6, 6.07) is 12.5. The molecular formula is C13H11Br2N. The first-order valence-electron chi connectivity index (χ1n) is 5.04. The molecule has 0 saturated heterocycles. The lowest BCUT2D eigenvalue weighted by molar-refractivity contribution is 0.943. The van der Waals surface area contributed by atoms with E-state index in [1.807, 2.05) is 30.6 Å². The molecule has 1 unspecified atom stereocenters. The fourth-order valence-corrected chi connectivity index (χ4v) is 2.62. The second kappa shape index (κ2) is 5.60. The van der Waals surface area contributed by atoms with Crippen molar-refractivity contribution in [1.29, 1.82) is 0 Å². The molecule has 1 aromatic heterocycles. The summed E-state index contributed by atoms with van der Waals surface area (Å²) in [6.45, 7) is 0. The van der Waals surface area contributed by atoms with Crippen molar-refractivity contribution in [2.45, 2.75) is 11.2 Å². The van der Waals surface area contributed by atoms with E-state index >= 15 is 0 Å². The number of hydrogen-bond acceptors (Lipinski definition) is 1. The van der Waals surface area contributed by atoms with E-state index in [0.29, 0.717) is 4.83 Å². The number of pyridine rings is 1. The molecule has 1 atom stereocenters. The highest BCUT2D eigenvalue weighted by molar-refractivity contribution is 9.10. The lowest BCUT2D eigenvalue weighted by atomic mass is 10.1. The zero-order valence-corrected chi connectivity index (χ0v) is 11.8. The summed E-state index contributed by atoms with van der Waals surface area (Å²) in [4.78, 5) is 4.36. The molecule has 0 aliphatic rings. The van der Waals surface area contributed by atoms with Crippen molar-refractivity contribution in [3.8, 4) is 0 Å². The van der Waals surface area contributed by atoms with Crippen LogP contribution in [0.4, 0.5) is 0 Å². The average molecular weight is 341 g/mol. The van der Waals surface area contributed by atoms with Gasteiger partial charge in [-0.1, -0.05) is 44.0 Å². The highest BCUT2D eigenvalue weighted by Gasteiger charge is 2.08. The summed E-state index contributed by atoms with van der Waals surface area (Å²) in [6.07, 6.45) is 4.63. The van der Waals surface area contributed by atoms with Crippen LogP contribution in [-0.4, -0.2) is 4.98 Å². The summed E-state index contributed by atoms with van der Waals surface area (Å²) < 4.78 is 1.11. The van der Waals surface area contributed by atoms with Crippen LogP contribution in [-0.2, 0) is 6.42 Å². The summed E-state index contributed by atoms with van der Waals surface area (Å²) in [5.74, 6) is 0. The van der Waals surface area contributed by atoms with Crippen LogP contribution < -0.4 is 0 Å². The van der Waals surface area contributed by atoms with Crippen LogP contribution in [0.15, 0.2) is 53.3 Å². The Morgan fingerprint density at radius 2 is 1.88 bits per heavy atom. The Kier molecular flexibility index (Phi) is 4.13. The number of nitrogens with zero attached hydrogens (tertiary/aromatic N) is 1. The predicted molar refractivity (Wildman–Crippen MR) is 73.8 cm³/mol. The number of benzene rings is 1. The predicted octanol–water partition coefficient (Wildman–Crippen LogP) is 4.52. The molecule has 16 heavy (non-hydrogen) atoms. The second-order valence-electron chi connectivity index (χ2n) is 3.58. The summed E-state index contributed by atoms with van der Waals surface area (Å²) in [5.41, 5.74) is 2.57. The topological polar surface area (TPSA) is 12.9 Å². The van der Waals surface area contributed by atoms with E-state index in [9.17, 15) is 0 Å². The lowest BCUT2D eigenvalue weighted by Gasteiger charge is -2.10. The van der Waals surface area contributed by atoms with Gasteiger partial charge in [-0.25, -0.2) is 0 Å². The molecule has 0 fully saturated rings. The first-order chi connectivity index (χ1) is 7.75. The molecule has 0 bridgehead atoms. The van der Waals surface area contributed by atoms with E-state index < -0.39 is 0 Å². The van der Waals surface area contributed by atoms with Gasteiger partial charge in [-0.3, -0.25) is 4.98 Å². The maximum Gasteiger partial charge on any atom is 0.0436 e. The second-order valence-corrected chi connectivity index (χ2v) is 5.60. The maximum atomic E-state index is 4.02. The monoisotopic (exact) mass is 339 g/mol. The Hall–Kier alpha value is -0.670. The van der Waals surface area contributed by atoms with Crippen LogP contribution in [0, 0.1) is 0 Å². The largest absolute Gasteiger partial charge is 0.265 e. The number of rotatable bonds is 3. The number of hydrogen-bond donors (Lipinski definition) is 0. The molecule has 2 rings (SSSR count). The van der Waals surface area contributed by atoms with Gasteiger partial charge in [-0.2, -0.15) is 0 Å². The highest BCUT2D eigenvalue weighted by atomic mass is 79.9. The van der Waals surface area contributed by atoms with Crippen molar-refractivity contribution in [3.05, 3.63) is 64.4 Å². The summed E-state index contributed by atoms with van der Waals surface area (Å²) in [7, 11) is 0. The third-order valence-corrected chi connectivity index (χ3v) is 3.72. The van der Waals surface area contributed by atoms with Gasteiger partial charge in [0.2, 0.25) is 0 Å². The van der Waals surface area contributed by atoms with E-state index in [1.165, 1.54) is 11.1 Å². The van der Waals surface area contributed by atoms with E-state index in [1.54, 1.807) is 0 Å². The Morgan fingerprint density at radius 1 is 1.12 bits per heavy atom. The maximum absolute atomic E-state index is 4.02. The molecule has 0 aliphatic heterocycles. The van der Waals surface area contributed by atoms with Gasteiger partial charge >= 0.3 is 0 Å². The molecule has 1 heterocycles. The van der Waals surface area contributed by atoms with Gasteiger partial charge in [0, 0.05) is 21.7 Å². The molecule has 0 aliphatic carbocycles. The molecule has 2 aromatic rings. The lowest BCUT2D eigenvalue weighted by Crippen LogP contribution is -1.95. The molecule has 82 valence electrons. The molecule has 0 saturated carbocycles. The Morgan fingerprint density at radius 3 is 2.56 bits per heavy atom. The molecule has 0 amide bonds. The molecular weight excluding hydrogens is 330 g/mol. The van der Waals surface area contributed by atoms with Crippen LogP contribution in [0.3, 0.4) is 0 Å². The van der Waals surface area contributed by atoms with Crippen molar-refractivity contribution in [2.75, 3.05) is 0 Å². The molecule has 1 aromatic carbocycles. The zero-order valence-electron chi connectivity index (χ0n) is 8.61. The van der Waals surface area contributed by atoms with Gasteiger partial charge in [0.1, 0.15) is 0 Å². The van der Waals surface area contributed by atoms with Gasteiger partial charge in [0.25, 0.3) is 0 Å². The van der Waals surface area contributed by atoms with E-state index in [-0.39, 0.29) is 0 Å². The van der Waals surface area contributed by atoms with Crippen LogP contribution in [0.25, 0.3) is 0 Å². The zero-order chi connectivity index (χ0) is 11.4. The average Bonchev–Trinajstić information content (AvgIpc) is 2.30. The third-order valence-electron chi connectivity index (χ3n) is 2.37. The first kappa shape index (κ1) is 11.8. The van der Waals surface area contributed by atoms with Gasteiger partial charge in [-0.05, 0) is 41.8 Å². The molecule has 1 nitrogen and oxygen atoms in total. The molecule has 3 heteroatoms. The SMILES string of the molecule is Brc1cccc(C(Br)Cc2ccncc2)c1. The number of halogens is 2.